The van der Waals surface area contributed by atoms with E-state index in [-0.39, 0.29) is 4.90 Å². The third-order valence-electron chi connectivity index (χ3n) is 5.96. The van der Waals surface area contributed by atoms with E-state index >= 15 is 0 Å². The Morgan fingerprint density at radius 2 is 1.55 bits per heavy atom. The van der Waals surface area contributed by atoms with Crippen molar-refractivity contribution in [2.45, 2.75) is 11.3 Å². The minimum Gasteiger partial charge on any atom is -0.377 e. The first-order valence-corrected chi connectivity index (χ1v) is 12.4. The highest BCUT2D eigenvalue weighted by Crippen LogP contribution is 2.31. The van der Waals surface area contributed by atoms with Crippen molar-refractivity contribution in [1.82, 2.24) is 0 Å². The number of rotatable bonds is 5. The van der Waals surface area contributed by atoms with Crippen molar-refractivity contribution >= 4 is 37.9 Å². The van der Waals surface area contributed by atoms with Gasteiger partial charge in [-0.2, -0.15) is 0 Å². The maximum Gasteiger partial charge on any atom is 0.262 e. The zero-order valence-corrected chi connectivity index (χ0v) is 19.4. The number of hydrogen-bond acceptors (Lipinski definition) is 4. The van der Waals surface area contributed by atoms with Crippen molar-refractivity contribution in [2.75, 3.05) is 30.3 Å². The fourth-order valence-electron chi connectivity index (χ4n) is 4.38. The summed E-state index contributed by atoms with van der Waals surface area (Å²) in [6.07, 6.45) is 0.943. The third-order valence-corrected chi connectivity index (χ3v) is 7.40. The van der Waals surface area contributed by atoms with Gasteiger partial charge in [0.15, 0.2) is 0 Å². The van der Waals surface area contributed by atoms with Crippen LogP contribution in [-0.4, -0.2) is 34.8 Å². The van der Waals surface area contributed by atoms with Crippen LogP contribution < -0.4 is 9.62 Å². The molecule has 5 rings (SSSR count). The molecule has 0 radical (unpaired) electrons. The van der Waals surface area contributed by atoms with Crippen LogP contribution in [0.2, 0.25) is 0 Å². The smallest absolute Gasteiger partial charge is 0.262 e. The molecule has 1 heterocycles. The van der Waals surface area contributed by atoms with Gasteiger partial charge in [-0.25, -0.2) is 8.42 Å². The molecule has 166 valence electrons. The monoisotopic (exact) mass is 455 g/mol. The summed E-state index contributed by atoms with van der Waals surface area (Å²) >= 11 is 0. The maximum absolute atomic E-state index is 13.3. The molecular weight excluding hydrogens is 430 g/mol. The van der Waals surface area contributed by atoms with Crippen molar-refractivity contribution in [3.8, 4) is 0 Å². The standard InChI is InChI=1S/C27H25N3O2S/c1-30(2)25-11-5-10-24-23(25)9-6-12-26(24)33(31,32)29-21-15-13-20(14-16-21)27-22-8-4-3-7-19(22)17-18-28-27/h3-16,29H,17-18H2,1-2H3. The molecule has 6 heteroatoms. The van der Waals surface area contributed by atoms with Crippen LogP contribution in [0.1, 0.15) is 16.7 Å². The van der Waals surface area contributed by atoms with Gasteiger partial charge in [0.2, 0.25) is 0 Å². The lowest BCUT2D eigenvalue weighted by atomic mass is 9.93. The number of anilines is 2. The number of fused-ring (bicyclic) bond motifs is 2. The van der Waals surface area contributed by atoms with E-state index in [0.29, 0.717) is 11.1 Å². The van der Waals surface area contributed by atoms with Crippen molar-refractivity contribution in [1.29, 1.82) is 0 Å². The summed E-state index contributed by atoms with van der Waals surface area (Å²) in [6, 6.07) is 26.8. The minimum absolute atomic E-state index is 0.262. The molecule has 0 atom stereocenters. The molecule has 0 saturated heterocycles. The Kier molecular flexibility index (Phi) is 5.38. The first kappa shape index (κ1) is 21.2. The van der Waals surface area contributed by atoms with Gasteiger partial charge in [0.05, 0.1) is 10.6 Å². The average molecular weight is 456 g/mol. The molecule has 0 unspecified atom stereocenters. The Balaban J connectivity index is 1.46. The lowest BCUT2D eigenvalue weighted by Crippen LogP contribution is -2.15. The van der Waals surface area contributed by atoms with Crippen LogP contribution in [0.3, 0.4) is 0 Å². The van der Waals surface area contributed by atoms with Gasteiger partial charge in [-0.3, -0.25) is 9.71 Å². The molecule has 0 aromatic heterocycles. The fraction of sp³-hybridized carbons (Fsp3) is 0.148. The van der Waals surface area contributed by atoms with Gasteiger partial charge < -0.3 is 4.90 Å². The van der Waals surface area contributed by atoms with Crippen LogP contribution in [0.5, 0.6) is 0 Å². The molecule has 0 fully saturated rings. The van der Waals surface area contributed by atoms with Crippen molar-refractivity contribution in [3.63, 3.8) is 0 Å². The Hall–Kier alpha value is -3.64. The largest absolute Gasteiger partial charge is 0.377 e. The zero-order chi connectivity index (χ0) is 23.0. The summed E-state index contributed by atoms with van der Waals surface area (Å²) in [5.74, 6) is 0. The second-order valence-electron chi connectivity index (χ2n) is 8.34. The number of sulfonamides is 1. The Labute approximate surface area is 194 Å². The third kappa shape index (κ3) is 3.98. The van der Waals surface area contributed by atoms with Crippen LogP contribution in [-0.2, 0) is 16.4 Å². The summed E-state index contributed by atoms with van der Waals surface area (Å²) in [4.78, 5) is 6.97. The molecule has 4 aromatic carbocycles. The molecule has 33 heavy (non-hydrogen) atoms. The predicted molar refractivity (Wildman–Crippen MR) is 136 cm³/mol. The van der Waals surface area contributed by atoms with Crippen LogP contribution in [0, 0.1) is 0 Å². The SMILES string of the molecule is CN(C)c1cccc2c(S(=O)(=O)Nc3ccc(C4=NCCc5ccccc54)cc3)cccc12. The van der Waals surface area contributed by atoms with Crippen molar-refractivity contribution in [2.24, 2.45) is 4.99 Å². The average Bonchev–Trinajstić information content (AvgIpc) is 2.83. The van der Waals surface area contributed by atoms with Gasteiger partial charge in [-0.05, 0) is 36.2 Å². The van der Waals surface area contributed by atoms with E-state index in [4.69, 9.17) is 4.99 Å². The molecule has 5 nitrogen and oxygen atoms in total. The topological polar surface area (TPSA) is 61.8 Å². The number of hydrogen-bond donors (Lipinski definition) is 1. The first-order chi connectivity index (χ1) is 15.9. The zero-order valence-electron chi connectivity index (χ0n) is 18.6. The van der Waals surface area contributed by atoms with E-state index in [2.05, 4.69) is 22.9 Å². The molecule has 4 aromatic rings. The van der Waals surface area contributed by atoms with E-state index in [1.54, 1.807) is 24.3 Å². The summed E-state index contributed by atoms with van der Waals surface area (Å²) < 4.78 is 29.3. The van der Waals surface area contributed by atoms with E-state index in [1.807, 2.05) is 61.5 Å². The number of nitrogens with zero attached hydrogens (tertiary/aromatic N) is 2. The van der Waals surface area contributed by atoms with Crippen LogP contribution >= 0.6 is 0 Å². The normalized spacial score (nSPS) is 13.3. The second-order valence-corrected chi connectivity index (χ2v) is 9.99. The van der Waals surface area contributed by atoms with E-state index in [0.717, 1.165) is 40.9 Å². The highest BCUT2D eigenvalue weighted by molar-refractivity contribution is 7.93. The van der Waals surface area contributed by atoms with E-state index < -0.39 is 10.0 Å². The van der Waals surface area contributed by atoms with Gasteiger partial charge in [0.1, 0.15) is 0 Å². The Bertz CT molecular complexity index is 1470. The molecule has 1 aliphatic rings. The summed E-state index contributed by atoms with van der Waals surface area (Å²) in [5.41, 5.74) is 5.86. The Morgan fingerprint density at radius 1 is 0.818 bits per heavy atom. The van der Waals surface area contributed by atoms with Gasteiger partial charge in [-0.1, -0.05) is 60.7 Å². The molecular formula is C27H25N3O2S. The summed E-state index contributed by atoms with van der Waals surface area (Å²) in [5, 5.41) is 1.59. The molecule has 1 N–H and O–H groups in total. The van der Waals surface area contributed by atoms with Crippen LogP contribution in [0.4, 0.5) is 11.4 Å². The molecule has 0 amide bonds. The number of aliphatic imine (C=N–C) groups is 1. The lowest BCUT2D eigenvalue weighted by Gasteiger charge is -2.18. The van der Waals surface area contributed by atoms with Crippen molar-refractivity contribution < 1.29 is 8.42 Å². The highest BCUT2D eigenvalue weighted by Gasteiger charge is 2.20. The van der Waals surface area contributed by atoms with Gasteiger partial charge >= 0.3 is 0 Å². The quantitative estimate of drug-likeness (QED) is 0.455. The summed E-state index contributed by atoms with van der Waals surface area (Å²) in [6.45, 7) is 0.761. The summed E-state index contributed by atoms with van der Waals surface area (Å²) in [7, 11) is 0.131. The highest BCUT2D eigenvalue weighted by atomic mass is 32.2. The van der Waals surface area contributed by atoms with Gasteiger partial charge in [0, 0.05) is 53.9 Å². The molecule has 0 aliphatic carbocycles. The van der Waals surface area contributed by atoms with Crippen LogP contribution in [0.25, 0.3) is 10.8 Å². The number of nitrogens with one attached hydrogen (secondary N) is 1. The molecule has 1 aliphatic heterocycles. The van der Waals surface area contributed by atoms with Crippen LogP contribution in [0.15, 0.2) is 94.8 Å². The minimum atomic E-state index is -3.77. The fourth-order valence-corrected chi connectivity index (χ4v) is 5.67. The molecule has 0 bridgehead atoms. The number of benzene rings is 4. The first-order valence-electron chi connectivity index (χ1n) is 10.9. The lowest BCUT2D eigenvalue weighted by molar-refractivity contribution is 0.602. The maximum atomic E-state index is 13.3. The molecule has 0 saturated carbocycles. The van der Waals surface area contributed by atoms with E-state index in [1.165, 1.54) is 5.56 Å². The Morgan fingerprint density at radius 3 is 2.33 bits per heavy atom. The van der Waals surface area contributed by atoms with Crippen molar-refractivity contribution in [3.05, 3.63) is 102 Å². The van der Waals surface area contributed by atoms with Gasteiger partial charge in [-0.15, -0.1) is 0 Å². The second kappa shape index (κ2) is 8.37. The predicted octanol–water partition coefficient (Wildman–Crippen LogP) is 5.10. The van der Waals surface area contributed by atoms with E-state index in [9.17, 15) is 8.42 Å². The molecule has 0 spiro atoms. The van der Waals surface area contributed by atoms with Gasteiger partial charge in [0.25, 0.3) is 10.0 Å².